The molecule has 0 bridgehead atoms. The highest BCUT2D eigenvalue weighted by molar-refractivity contribution is 6.02. The monoisotopic (exact) mass is 557 g/mol. The van der Waals surface area contributed by atoms with Crippen LogP contribution in [0.15, 0.2) is 59.4 Å². The van der Waals surface area contributed by atoms with Crippen LogP contribution in [0.4, 0.5) is 11.4 Å². The minimum Gasteiger partial charge on any atom is -0.455 e. The van der Waals surface area contributed by atoms with E-state index in [4.69, 9.17) is 9.15 Å². The topological polar surface area (TPSA) is 102 Å². The van der Waals surface area contributed by atoms with Crippen molar-refractivity contribution < 1.29 is 13.9 Å². The number of hydrogen-bond donors (Lipinski definition) is 1. The van der Waals surface area contributed by atoms with Gasteiger partial charge in [0.1, 0.15) is 11.5 Å². The van der Waals surface area contributed by atoms with Crippen LogP contribution in [0.5, 0.6) is 0 Å². The van der Waals surface area contributed by atoms with Gasteiger partial charge < -0.3 is 19.4 Å². The van der Waals surface area contributed by atoms with Gasteiger partial charge in [0, 0.05) is 69.3 Å². The van der Waals surface area contributed by atoms with E-state index in [1.807, 2.05) is 70.6 Å². The smallest absolute Gasteiger partial charge is 0.291 e. The van der Waals surface area contributed by atoms with Crippen LogP contribution in [0.3, 0.4) is 0 Å². The molecule has 10 heteroatoms. The van der Waals surface area contributed by atoms with E-state index < -0.39 is 0 Å². The third kappa shape index (κ3) is 6.83. The fraction of sp³-hybridized carbons (Fsp3) is 0.419. The zero-order valence-corrected chi connectivity index (χ0v) is 24.6. The van der Waals surface area contributed by atoms with Gasteiger partial charge in [0.15, 0.2) is 5.76 Å². The Morgan fingerprint density at radius 3 is 2.61 bits per heavy atom. The summed E-state index contributed by atoms with van der Waals surface area (Å²) in [4.78, 5) is 22.2. The highest BCUT2D eigenvalue weighted by atomic mass is 16.5. The van der Waals surface area contributed by atoms with Gasteiger partial charge in [0.2, 0.25) is 0 Å². The van der Waals surface area contributed by atoms with E-state index in [0.29, 0.717) is 5.69 Å². The number of amides is 1. The summed E-state index contributed by atoms with van der Waals surface area (Å²) in [5.74, 6) is 0.745. The maximum Gasteiger partial charge on any atom is 0.291 e. The lowest BCUT2D eigenvalue weighted by atomic mass is 9.94. The molecule has 0 saturated carbocycles. The fourth-order valence-electron chi connectivity index (χ4n) is 4.91. The van der Waals surface area contributed by atoms with Crippen LogP contribution in [-0.2, 0) is 10.2 Å². The lowest BCUT2D eigenvalue weighted by Crippen LogP contribution is -2.46. The van der Waals surface area contributed by atoms with Crippen molar-refractivity contribution in [2.24, 2.45) is 0 Å². The second-order valence-corrected chi connectivity index (χ2v) is 11.5. The lowest BCUT2D eigenvalue weighted by molar-refractivity contribution is 0.0993. The standard InChI is InChI=1S/C31H39N7O3/c1-22-7-8-24(33-30(39)28-9-10-29(41-28)31(2,3)4)18-27(22)38-21-26(34-35-38)23-17-25(20-32-19-23)37-14-12-36(13-15-37)11-6-16-40-5/h7-10,17-21H,6,11-16H2,1-5H3,(H,33,39). The Balaban J connectivity index is 1.27. The molecule has 0 spiro atoms. The van der Waals surface area contributed by atoms with Crippen molar-refractivity contribution >= 4 is 17.3 Å². The largest absolute Gasteiger partial charge is 0.455 e. The summed E-state index contributed by atoms with van der Waals surface area (Å²) in [5, 5.41) is 11.8. The lowest BCUT2D eigenvalue weighted by Gasteiger charge is -2.36. The van der Waals surface area contributed by atoms with E-state index in [1.54, 1.807) is 17.9 Å². The number of carbonyl (C=O) groups excluding carboxylic acids is 1. The van der Waals surface area contributed by atoms with Crippen LogP contribution in [-0.4, -0.2) is 77.2 Å². The Labute approximate surface area is 241 Å². The first kappa shape index (κ1) is 28.5. The zero-order valence-electron chi connectivity index (χ0n) is 24.6. The van der Waals surface area contributed by atoms with Crippen LogP contribution in [0, 0.1) is 6.92 Å². The van der Waals surface area contributed by atoms with Gasteiger partial charge >= 0.3 is 0 Å². The van der Waals surface area contributed by atoms with E-state index in [1.165, 1.54) is 0 Å². The van der Waals surface area contributed by atoms with Crippen LogP contribution >= 0.6 is 0 Å². The number of rotatable bonds is 9. The molecular formula is C31H39N7O3. The van der Waals surface area contributed by atoms with Gasteiger partial charge in [-0.1, -0.05) is 32.1 Å². The molecule has 3 aromatic heterocycles. The summed E-state index contributed by atoms with van der Waals surface area (Å²) in [6.45, 7) is 14.0. The number of anilines is 2. The number of furan rings is 1. The average molecular weight is 558 g/mol. The molecule has 1 N–H and O–H groups in total. The fourth-order valence-corrected chi connectivity index (χ4v) is 4.91. The predicted octanol–water partition coefficient (Wildman–Crippen LogP) is 4.94. The molecule has 1 saturated heterocycles. The SMILES string of the molecule is COCCCN1CCN(c2cncc(-c3cn(-c4cc(NC(=O)c5ccc(C(C)(C)C)o5)ccc4C)nn3)c2)CC1. The molecule has 1 amide bonds. The van der Waals surface area contributed by atoms with Gasteiger partial charge in [0.05, 0.1) is 23.8 Å². The Hall–Kier alpha value is -4.02. The molecule has 0 unspecified atom stereocenters. The molecule has 1 aromatic carbocycles. The van der Waals surface area contributed by atoms with Gasteiger partial charge in [-0.15, -0.1) is 5.10 Å². The number of benzene rings is 1. The van der Waals surface area contributed by atoms with Gasteiger partial charge in [-0.3, -0.25) is 14.7 Å². The van der Waals surface area contributed by atoms with Crippen molar-refractivity contribution in [3.05, 3.63) is 72.1 Å². The summed E-state index contributed by atoms with van der Waals surface area (Å²) in [5.41, 5.74) is 5.03. The summed E-state index contributed by atoms with van der Waals surface area (Å²) < 4.78 is 12.7. The molecule has 4 aromatic rings. The molecule has 4 heterocycles. The van der Waals surface area contributed by atoms with Gasteiger partial charge in [-0.05, 0) is 49.2 Å². The van der Waals surface area contributed by atoms with Crippen molar-refractivity contribution in [3.63, 3.8) is 0 Å². The number of methoxy groups -OCH3 is 1. The number of nitrogens with zero attached hydrogens (tertiary/aromatic N) is 6. The molecule has 10 nitrogen and oxygen atoms in total. The summed E-state index contributed by atoms with van der Waals surface area (Å²) in [7, 11) is 1.75. The molecule has 1 fully saturated rings. The Morgan fingerprint density at radius 1 is 1.07 bits per heavy atom. The molecule has 1 aliphatic heterocycles. The number of pyridine rings is 1. The quantitative estimate of drug-likeness (QED) is 0.289. The molecule has 1 aliphatic rings. The normalized spacial score (nSPS) is 14.4. The van der Waals surface area contributed by atoms with Crippen molar-refractivity contribution in [2.45, 2.75) is 39.5 Å². The van der Waals surface area contributed by atoms with E-state index >= 15 is 0 Å². The highest BCUT2D eigenvalue weighted by Gasteiger charge is 2.21. The third-order valence-corrected chi connectivity index (χ3v) is 7.36. The Morgan fingerprint density at radius 2 is 1.88 bits per heavy atom. The first-order valence-corrected chi connectivity index (χ1v) is 14.1. The van der Waals surface area contributed by atoms with Gasteiger partial charge in [-0.2, -0.15) is 0 Å². The van der Waals surface area contributed by atoms with Gasteiger partial charge in [-0.25, -0.2) is 4.68 Å². The number of piperazine rings is 1. The molecular weight excluding hydrogens is 518 g/mol. The predicted molar refractivity (Wildman–Crippen MR) is 160 cm³/mol. The number of aromatic nitrogens is 4. The van der Waals surface area contributed by atoms with E-state index in [-0.39, 0.29) is 17.1 Å². The third-order valence-electron chi connectivity index (χ3n) is 7.36. The molecule has 216 valence electrons. The maximum atomic E-state index is 12.9. The Kier molecular flexibility index (Phi) is 8.51. The summed E-state index contributed by atoms with van der Waals surface area (Å²) in [6.07, 6.45) is 6.68. The van der Waals surface area contributed by atoms with Crippen LogP contribution in [0.25, 0.3) is 16.9 Å². The Bertz CT molecular complexity index is 1480. The van der Waals surface area contributed by atoms with Crippen molar-refractivity contribution in [3.8, 4) is 16.9 Å². The van der Waals surface area contributed by atoms with Crippen molar-refractivity contribution in [1.29, 1.82) is 0 Å². The van der Waals surface area contributed by atoms with Crippen LogP contribution < -0.4 is 10.2 Å². The second-order valence-electron chi connectivity index (χ2n) is 11.5. The minimum atomic E-state index is -0.298. The number of ether oxygens (including phenoxy) is 1. The highest BCUT2D eigenvalue weighted by Crippen LogP contribution is 2.27. The maximum absolute atomic E-state index is 12.9. The molecule has 0 aliphatic carbocycles. The van der Waals surface area contributed by atoms with Crippen LogP contribution in [0.1, 0.15) is 49.1 Å². The first-order valence-electron chi connectivity index (χ1n) is 14.1. The second kappa shape index (κ2) is 12.2. The number of aryl methyl sites for hydroxylation is 1. The molecule has 41 heavy (non-hydrogen) atoms. The van der Waals surface area contributed by atoms with Crippen LogP contribution in [0.2, 0.25) is 0 Å². The first-order chi connectivity index (χ1) is 19.7. The minimum absolute atomic E-state index is 0.172. The van der Waals surface area contributed by atoms with E-state index in [0.717, 1.165) is 79.7 Å². The molecule has 0 atom stereocenters. The number of nitrogens with one attached hydrogen (secondary N) is 1. The van der Waals surface area contributed by atoms with E-state index in [9.17, 15) is 4.79 Å². The van der Waals surface area contributed by atoms with Crippen molar-refractivity contribution in [2.75, 3.05) is 56.7 Å². The summed E-state index contributed by atoms with van der Waals surface area (Å²) in [6, 6.07) is 11.4. The molecule has 5 rings (SSSR count). The number of carbonyl (C=O) groups is 1. The van der Waals surface area contributed by atoms with Crippen molar-refractivity contribution in [1.82, 2.24) is 24.9 Å². The zero-order chi connectivity index (χ0) is 29.0. The van der Waals surface area contributed by atoms with Gasteiger partial charge in [0.25, 0.3) is 5.91 Å². The average Bonchev–Trinajstić information content (AvgIpc) is 3.66. The number of hydrogen-bond acceptors (Lipinski definition) is 8. The molecule has 0 radical (unpaired) electrons. The summed E-state index contributed by atoms with van der Waals surface area (Å²) >= 11 is 0. The van der Waals surface area contributed by atoms with E-state index in [2.05, 4.69) is 36.5 Å².